The molecule has 1 unspecified atom stereocenters. The molecule has 0 aliphatic heterocycles. The lowest BCUT2D eigenvalue weighted by Gasteiger charge is -2.30. The second kappa shape index (κ2) is 8.88. The Hall–Kier alpha value is -2.96. The van der Waals surface area contributed by atoms with Crippen LogP contribution in [0.15, 0.2) is 36.5 Å². The van der Waals surface area contributed by atoms with Crippen molar-refractivity contribution in [3.8, 4) is 5.69 Å². The molecule has 2 N–H and O–H groups in total. The van der Waals surface area contributed by atoms with Crippen molar-refractivity contribution in [2.24, 2.45) is 5.92 Å². The van der Waals surface area contributed by atoms with E-state index in [4.69, 9.17) is 9.97 Å². The third-order valence-electron chi connectivity index (χ3n) is 6.86. The van der Waals surface area contributed by atoms with Crippen LogP contribution in [0.2, 0.25) is 0 Å². The number of rotatable bonds is 7. The average molecular weight is 433 g/mol. The zero-order chi connectivity index (χ0) is 22.1. The van der Waals surface area contributed by atoms with Gasteiger partial charge in [-0.25, -0.2) is 14.6 Å². The van der Waals surface area contributed by atoms with Gasteiger partial charge in [-0.1, -0.05) is 32.0 Å². The highest BCUT2D eigenvalue weighted by Crippen LogP contribution is 2.31. The van der Waals surface area contributed by atoms with Crippen LogP contribution in [0.4, 0.5) is 5.82 Å². The van der Waals surface area contributed by atoms with Gasteiger partial charge in [0.05, 0.1) is 17.3 Å². The molecule has 0 spiro atoms. The predicted molar refractivity (Wildman–Crippen MR) is 126 cm³/mol. The number of aromatic nitrogens is 4. The smallest absolute Gasteiger partial charge is 0.223 e. The van der Waals surface area contributed by atoms with Crippen LogP contribution in [-0.4, -0.2) is 37.7 Å². The van der Waals surface area contributed by atoms with E-state index in [0.29, 0.717) is 12.1 Å². The van der Waals surface area contributed by atoms with Gasteiger partial charge in [0, 0.05) is 23.9 Å². The van der Waals surface area contributed by atoms with E-state index in [0.717, 1.165) is 73.3 Å². The largest absolute Gasteiger partial charge is 0.367 e. The molecule has 0 radical (unpaired) electrons. The number of anilines is 1. The minimum absolute atomic E-state index is 0.255. The van der Waals surface area contributed by atoms with Crippen molar-refractivity contribution in [3.63, 3.8) is 0 Å². The van der Waals surface area contributed by atoms with Gasteiger partial charge in [0.2, 0.25) is 5.91 Å². The highest BCUT2D eigenvalue weighted by atomic mass is 16.2. The van der Waals surface area contributed by atoms with Crippen molar-refractivity contribution in [3.05, 3.63) is 42.4 Å². The molecule has 1 amide bonds. The molecule has 2 saturated carbocycles. The van der Waals surface area contributed by atoms with Crippen LogP contribution >= 0.6 is 0 Å². The Kier molecular flexibility index (Phi) is 5.81. The molecule has 0 saturated heterocycles. The number of nitrogens with one attached hydrogen (secondary N) is 2. The Morgan fingerprint density at radius 3 is 2.47 bits per heavy atom. The Labute approximate surface area is 189 Å². The summed E-state index contributed by atoms with van der Waals surface area (Å²) >= 11 is 0. The summed E-state index contributed by atoms with van der Waals surface area (Å²) in [5.74, 6) is 2.53. The topological polar surface area (TPSA) is 84.7 Å². The molecule has 7 heteroatoms. The number of hydrogen-bond donors (Lipinski definition) is 2. The highest BCUT2D eigenvalue weighted by molar-refractivity contribution is 5.87. The Morgan fingerprint density at radius 1 is 1.06 bits per heavy atom. The van der Waals surface area contributed by atoms with Crippen LogP contribution in [-0.2, 0) is 4.79 Å². The van der Waals surface area contributed by atoms with E-state index in [1.165, 1.54) is 0 Å². The molecule has 0 bridgehead atoms. The minimum Gasteiger partial charge on any atom is -0.367 e. The first-order valence-electron chi connectivity index (χ1n) is 12.0. The van der Waals surface area contributed by atoms with Crippen molar-refractivity contribution in [2.45, 2.75) is 76.8 Å². The number of nitrogens with zero attached hydrogens (tertiary/aromatic N) is 4. The molecule has 32 heavy (non-hydrogen) atoms. The van der Waals surface area contributed by atoms with Gasteiger partial charge in [-0.2, -0.15) is 5.10 Å². The summed E-state index contributed by atoms with van der Waals surface area (Å²) in [5, 5.41) is 12.5. The SMILES string of the molecule is CCC(C)c1nc(NC2CCC(NC(=O)C3CC3)CC2)c2cnn(-c3ccccc3)c2n1. The lowest BCUT2D eigenvalue weighted by Crippen LogP contribution is -2.40. The lowest BCUT2D eigenvalue weighted by molar-refractivity contribution is -0.123. The van der Waals surface area contributed by atoms with Crippen LogP contribution < -0.4 is 10.6 Å². The molecule has 2 aliphatic carbocycles. The molecular weight excluding hydrogens is 400 g/mol. The molecule has 2 aromatic heterocycles. The molecule has 1 aromatic carbocycles. The van der Waals surface area contributed by atoms with E-state index in [2.05, 4.69) is 29.6 Å². The maximum Gasteiger partial charge on any atom is 0.223 e. The van der Waals surface area contributed by atoms with Gasteiger partial charge in [0.25, 0.3) is 0 Å². The van der Waals surface area contributed by atoms with Crippen LogP contribution in [0.3, 0.4) is 0 Å². The van der Waals surface area contributed by atoms with E-state index in [1.807, 2.05) is 41.2 Å². The monoisotopic (exact) mass is 432 g/mol. The van der Waals surface area contributed by atoms with Gasteiger partial charge >= 0.3 is 0 Å². The molecule has 3 aromatic rings. The normalized spacial score (nSPS) is 21.9. The molecule has 2 fully saturated rings. The summed E-state index contributed by atoms with van der Waals surface area (Å²) in [5.41, 5.74) is 1.84. The fourth-order valence-electron chi connectivity index (χ4n) is 4.44. The number of carbonyl (C=O) groups is 1. The van der Waals surface area contributed by atoms with Crippen molar-refractivity contribution in [2.75, 3.05) is 5.32 Å². The van der Waals surface area contributed by atoms with Crippen molar-refractivity contribution >= 4 is 22.8 Å². The molecular formula is C25H32N6O. The zero-order valence-corrected chi connectivity index (χ0v) is 18.9. The van der Waals surface area contributed by atoms with E-state index < -0.39 is 0 Å². The van der Waals surface area contributed by atoms with Gasteiger partial charge in [-0.15, -0.1) is 0 Å². The summed E-state index contributed by atoms with van der Waals surface area (Å²) in [6.45, 7) is 4.33. The van der Waals surface area contributed by atoms with Crippen LogP contribution in [0.5, 0.6) is 0 Å². The molecule has 2 heterocycles. The van der Waals surface area contributed by atoms with Crippen LogP contribution in [0.25, 0.3) is 16.7 Å². The molecule has 1 atom stereocenters. The number of amides is 1. The van der Waals surface area contributed by atoms with Gasteiger partial charge in [0.15, 0.2) is 5.65 Å². The van der Waals surface area contributed by atoms with Crippen molar-refractivity contribution in [1.29, 1.82) is 0 Å². The number of benzene rings is 1. The lowest BCUT2D eigenvalue weighted by atomic mass is 9.91. The Morgan fingerprint density at radius 2 is 1.78 bits per heavy atom. The number of para-hydroxylation sites is 1. The van der Waals surface area contributed by atoms with Crippen LogP contribution in [0.1, 0.15) is 70.5 Å². The van der Waals surface area contributed by atoms with Crippen molar-refractivity contribution < 1.29 is 4.79 Å². The molecule has 168 valence electrons. The Balaban J connectivity index is 1.37. The van der Waals surface area contributed by atoms with Gasteiger partial charge < -0.3 is 10.6 Å². The zero-order valence-electron chi connectivity index (χ0n) is 18.9. The second-order valence-electron chi connectivity index (χ2n) is 9.34. The molecule has 2 aliphatic rings. The van der Waals surface area contributed by atoms with Gasteiger partial charge in [-0.05, 0) is 57.1 Å². The number of carbonyl (C=O) groups excluding carboxylic acids is 1. The minimum atomic E-state index is 0.255. The fourth-order valence-corrected chi connectivity index (χ4v) is 4.44. The van der Waals surface area contributed by atoms with Gasteiger partial charge in [0.1, 0.15) is 11.6 Å². The average Bonchev–Trinajstić information content (AvgIpc) is 3.59. The first-order valence-corrected chi connectivity index (χ1v) is 12.0. The summed E-state index contributed by atoms with van der Waals surface area (Å²) in [4.78, 5) is 21.9. The van der Waals surface area contributed by atoms with E-state index >= 15 is 0 Å². The first kappa shape index (κ1) is 20.9. The van der Waals surface area contributed by atoms with E-state index in [-0.39, 0.29) is 17.7 Å². The van der Waals surface area contributed by atoms with E-state index in [1.54, 1.807) is 0 Å². The van der Waals surface area contributed by atoms with E-state index in [9.17, 15) is 4.79 Å². The molecule has 7 nitrogen and oxygen atoms in total. The summed E-state index contributed by atoms with van der Waals surface area (Å²) < 4.78 is 1.90. The predicted octanol–water partition coefficient (Wildman–Crippen LogP) is 4.58. The third-order valence-corrected chi connectivity index (χ3v) is 6.86. The standard InChI is InChI=1S/C25H32N6O/c1-3-16(2)22-29-23(21-15-26-31(24(21)30-22)20-7-5-4-6-8-20)27-18-11-13-19(14-12-18)28-25(32)17-9-10-17/h4-8,15-19H,3,9-14H2,1-2H3,(H,28,32)(H,27,29,30). The second-order valence-corrected chi connectivity index (χ2v) is 9.34. The summed E-state index contributed by atoms with van der Waals surface area (Å²) in [7, 11) is 0. The molecule has 5 rings (SSSR count). The maximum atomic E-state index is 12.1. The quantitative estimate of drug-likeness (QED) is 0.571. The summed E-state index contributed by atoms with van der Waals surface area (Å²) in [6.07, 6.45) is 9.02. The third kappa shape index (κ3) is 4.33. The fraction of sp³-hybridized carbons (Fsp3) is 0.520. The summed E-state index contributed by atoms with van der Waals surface area (Å²) in [6, 6.07) is 10.8. The first-order chi connectivity index (χ1) is 15.6. The maximum absolute atomic E-state index is 12.1. The van der Waals surface area contributed by atoms with Crippen molar-refractivity contribution in [1.82, 2.24) is 25.1 Å². The highest BCUT2D eigenvalue weighted by Gasteiger charge is 2.32. The number of hydrogen-bond acceptors (Lipinski definition) is 5. The number of fused-ring (bicyclic) bond motifs is 1. The van der Waals surface area contributed by atoms with Gasteiger partial charge in [-0.3, -0.25) is 4.79 Å². The van der Waals surface area contributed by atoms with Crippen LogP contribution in [0, 0.1) is 5.92 Å². The Bertz CT molecular complexity index is 1080.